The Balaban J connectivity index is 1.78. The molecule has 1 heterocycles. The number of nitrogens with one attached hydrogen (secondary N) is 1. The van der Waals surface area contributed by atoms with E-state index in [4.69, 9.17) is 0 Å². The average Bonchev–Trinajstić information content (AvgIpc) is 3.02. The lowest BCUT2D eigenvalue weighted by Gasteiger charge is -2.26. The molecule has 2 aromatic rings. The minimum absolute atomic E-state index is 0.0851. The molecule has 0 aliphatic heterocycles. The molecule has 0 aliphatic rings. The van der Waals surface area contributed by atoms with Crippen molar-refractivity contribution in [3.05, 3.63) is 30.3 Å². The molecule has 1 N–H and O–H groups in total. The number of likely N-dealkylation sites (N-methyl/N-ethyl adjacent to an activating group) is 1. The second-order valence-electron chi connectivity index (χ2n) is 6.20. The zero-order chi connectivity index (χ0) is 18.9. The summed E-state index contributed by atoms with van der Waals surface area (Å²) >= 11 is 1.56. The Hall–Kier alpha value is -1.86. The molecule has 26 heavy (non-hydrogen) atoms. The van der Waals surface area contributed by atoms with Crippen LogP contribution in [0.3, 0.4) is 0 Å². The van der Waals surface area contributed by atoms with Gasteiger partial charge in [0.25, 0.3) is 0 Å². The van der Waals surface area contributed by atoms with E-state index >= 15 is 0 Å². The highest BCUT2D eigenvalue weighted by atomic mass is 32.2. The Morgan fingerprint density at radius 1 is 1.23 bits per heavy atom. The molecule has 1 aromatic carbocycles. The molecule has 0 bridgehead atoms. The number of thioether (sulfide) groups is 1. The lowest BCUT2D eigenvalue weighted by molar-refractivity contribution is -0.120. The third-order valence-corrected chi connectivity index (χ3v) is 5.48. The number of rotatable bonds is 10. The Labute approximate surface area is 160 Å². The van der Waals surface area contributed by atoms with Gasteiger partial charge in [0.1, 0.15) is 0 Å². The predicted molar refractivity (Wildman–Crippen MR) is 107 cm³/mol. The zero-order valence-electron chi connectivity index (χ0n) is 16.1. The van der Waals surface area contributed by atoms with Gasteiger partial charge in [-0.05, 0) is 20.0 Å². The van der Waals surface area contributed by atoms with Crippen molar-refractivity contribution < 1.29 is 4.79 Å². The van der Waals surface area contributed by atoms with Gasteiger partial charge in [0, 0.05) is 37.4 Å². The van der Waals surface area contributed by atoms with Gasteiger partial charge in [0.05, 0.1) is 0 Å². The molecule has 0 saturated carbocycles. The Morgan fingerprint density at radius 2 is 1.92 bits per heavy atom. The molecule has 1 unspecified atom stereocenters. The second kappa shape index (κ2) is 10.3. The van der Waals surface area contributed by atoms with Gasteiger partial charge in [0.15, 0.2) is 11.0 Å². The number of hydrogen-bond acceptors (Lipinski definition) is 5. The van der Waals surface area contributed by atoms with Gasteiger partial charge in [0.2, 0.25) is 5.91 Å². The van der Waals surface area contributed by atoms with Crippen LogP contribution in [0.4, 0.5) is 0 Å². The molecule has 2 rings (SSSR count). The number of amides is 1. The van der Waals surface area contributed by atoms with E-state index < -0.39 is 0 Å². The number of aromatic nitrogens is 3. The monoisotopic (exact) mass is 375 g/mol. The molecule has 6 nitrogen and oxygen atoms in total. The average molecular weight is 376 g/mol. The Bertz CT molecular complexity index is 684. The molecule has 1 amide bonds. The standard InChI is InChI=1S/C19H29N5OS/c1-5-24(6-2)15(3)14-20-17(25)12-13-26-19-22-21-18(23(19)4)16-10-8-7-9-11-16/h7-11,15H,5-6,12-14H2,1-4H3,(H,20,25). The lowest BCUT2D eigenvalue weighted by Crippen LogP contribution is -2.42. The van der Waals surface area contributed by atoms with E-state index in [-0.39, 0.29) is 5.91 Å². The van der Waals surface area contributed by atoms with Crippen LogP contribution in [-0.4, -0.2) is 57.0 Å². The van der Waals surface area contributed by atoms with Crippen LogP contribution in [0.15, 0.2) is 35.5 Å². The van der Waals surface area contributed by atoms with E-state index in [1.807, 2.05) is 41.9 Å². The van der Waals surface area contributed by atoms with Gasteiger partial charge >= 0.3 is 0 Å². The normalized spacial score (nSPS) is 12.3. The molecule has 1 aromatic heterocycles. The summed E-state index contributed by atoms with van der Waals surface area (Å²) < 4.78 is 1.97. The van der Waals surface area contributed by atoms with Gasteiger partial charge in [-0.15, -0.1) is 10.2 Å². The minimum Gasteiger partial charge on any atom is -0.355 e. The Morgan fingerprint density at radius 3 is 2.58 bits per heavy atom. The van der Waals surface area contributed by atoms with Gasteiger partial charge in [-0.3, -0.25) is 9.69 Å². The summed E-state index contributed by atoms with van der Waals surface area (Å²) in [6.45, 7) is 9.12. The maximum absolute atomic E-state index is 12.1. The molecule has 0 spiro atoms. The molecular formula is C19H29N5OS. The van der Waals surface area contributed by atoms with Crippen LogP contribution >= 0.6 is 11.8 Å². The molecule has 0 aliphatic carbocycles. The first-order valence-electron chi connectivity index (χ1n) is 9.15. The number of nitrogens with zero attached hydrogens (tertiary/aromatic N) is 4. The number of hydrogen-bond donors (Lipinski definition) is 1. The van der Waals surface area contributed by atoms with E-state index in [1.165, 1.54) is 0 Å². The molecule has 142 valence electrons. The van der Waals surface area contributed by atoms with Crippen molar-refractivity contribution in [3.8, 4) is 11.4 Å². The molecule has 0 radical (unpaired) electrons. The summed E-state index contributed by atoms with van der Waals surface area (Å²) in [5.41, 5.74) is 1.04. The molecule has 0 fully saturated rings. The van der Waals surface area contributed by atoms with Gasteiger partial charge < -0.3 is 9.88 Å². The molecular weight excluding hydrogens is 346 g/mol. The van der Waals surface area contributed by atoms with Crippen molar-refractivity contribution in [1.29, 1.82) is 0 Å². The summed E-state index contributed by atoms with van der Waals surface area (Å²) in [6.07, 6.45) is 0.475. The third-order valence-electron chi connectivity index (χ3n) is 4.46. The number of carbonyl (C=O) groups excluding carboxylic acids is 1. The van der Waals surface area contributed by atoms with Crippen LogP contribution in [0.1, 0.15) is 27.2 Å². The van der Waals surface area contributed by atoms with Crippen molar-refractivity contribution in [3.63, 3.8) is 0 Å². The molecule has 7 heteroatoms. The summed E-state index contributed by atoms with van der Waals surface area (Å²) in [6, 6.07) is 10.3. The van der Waals surface area contributed by atoms with Gasteiger partial charge in [-0.25, -0.2) is 0 Å². The predicted octanol–water partition coefficient (Wildman–Crippen LogP) is 2.81. The van der Waals surface area contributed by atoms with E-state index in [9.17, 15) is 4.79 Å². The maximum atomic E-state index is 12.1. The van der Waals surface area contributed by atoms with Crippen LogP contribution in [0.25, 0.3) is 11.4 Å². The third kappa shape index (κ3) is 5.57. The SMILES string of the molecule is CCN(CC)C(C)CNC(=O)CCSc1nnc(-c2ccccc2)n1C. The quantitative estimate of drug-likeness (QED) is 0.647. The van der Waals surface area contributed by atoms with Crippen molar-refractivity contribution in [2.45, 2.75) is 38.4 Å². The first kappa shape index (κ1) is 20.5. The van der Waals surface area contributed by atoms with Crippen LogP contribution < -0.4 is 5.32 Å². The maximum Gasteiger partial charge on any atom is 0.220 e. The zero-order valence-corrected chi connectivity index (χ0v) is 16.9. The largest absolute Gasteiger partial charge is 0.355 e. The Kier molecular flexibility index (Phi) is 8.12. The van der Waals surface area contributed by atoms with Crippen molar-refractivity contribution in [1.82, 2.24) is 25.0 Å². The van der Waals surface area contributed by atoms with Crippen LogP contribution in [-0.2, 0) is 11.8 Å². The van der Waals surface area contributed by atoms with Crippen molar-refractivity contribution in [2.24, 2.45) is 7.05 Å². The lowest BCUT2D eigenvalue weighted by atomic mass is 10.2. The summed E-state index contributed by atoms with van der Waals surface area (Å²) in [5, 5.41) is 12.4. The molecule has 1 atom stereocenters. The summed E-state index contributed by atoms with van der Waals surface area (Å²) in [5.74, 6) is 1.61. The fraction of sp³-hybridized carbons (Fsp3) is 0.526. The van der Waals surface area contributed by atoms with Crippen molar-refractivity contribution in [2.75, 3.05) is 25.4 Å². The van der Waals surface area contributed by atoms with E-state index in [2.05, 4.69) is 41.2 Å². The topological polar surface area (TPSA) is 63.1 Å². The highest BCUT2D eigenvalue weighted by Gasteiger charge is 2.13. The number of carbonyl (C=O) groups is 1. The smallest absolute Gasteiger partial charge is 0.220 e. The minimum atomic E-state index is 0.0851. The van der Waals surface area contributed by atoms with E-state index in [0.717, 1.165) is 29.6 Å². The fourth-order valence-corrected chi connectivity index (χ4v) is 3.69. The highest BCUT2D eigenvalue weighted by Crippen LogP contribution is 2.22. The molecule has 0 saturated heterocycles. The van der Waals surface area contributed by atoms with Crippen molar-refractivity contribution >= 4 is 17.7 Å². The van der Waals surface area contributed by atoms with E-state index in [1.54, 1.807) is 11.8 Å². The van der Waals surface area contributed by atoms with Crippen LogP contribution in [0, 0.1) is 0 Å². The summed E-state index contributed by atoms with van der Waals surface area (Å²) in [4.78, 5) is 14.4. The number of benzene rings is 1. The summed E-state index contributed by atoms with van der Waals surface area (Å²) in [7, 11) is 1.95. The first-order valence-corrected chi connectivity index (χ1v) is 10.1. The second-order valence-corrected chi connectivity index (χ2v) is 7.27. The van der Waals surface area contributed by atoms with E-state index in [0.29, 0.717) is 24.8 Å². The first-order chi connectivity index (χ1) is 12.6. The van der Waals surface area contributed by atoms with Gasteiger partial charge in [-0.2, -0.15) is 0 Å². The van der Waals surface area contributed by atoms with Gasteiger partial charge in [-0.1, -0.05) is 55.9 Å². The van der Waals surface area contributed by atoms with Crippen LogP contribution in [0.5, 0.6) is 0 Å². The highest BCUT2D eigenvalue weighted by molar-refractivity contribution is 7.99. The fourth-order valence-electron chi connectivity index (χ4n) is 2.84. The van der Waals surface area contributed by atoms with Crippen LogP contribution in [0.2, 0.25) is 0 Å².